The third-order valence-electron chi connectivity index (χ3n) is 4.80. The molecule has 0 aliphatic heterocycles. The average molecular weight is 265 g/mol. The van der Waals surface area contributed by atoms with E-state index in [2.05, 4.69) is 5.32 Å². The molecule has 3 unspecified atom stereocenters. The van der Waals surface area contributed by atoms with Crippen molar-refractivity contribution in [2.24, 2.45) is 17.8 Å². The van der Waals surface area contributed by atoms with Crippen molar-refractivity contribution in [3.63, 3.8) is 0 Å². The van der Waals surface area contributed by atoms with Gasteiger partial charge in [0, 0.05) is 6.07 Å². The first-order valence-electron chi connectivity index (χ1n) is 7.36. The lowest BCUT2D eigenvalue weighted by Crippen LogP contribution is -2.28. The highest BCUT2D eigenvalue weighted by atomic mass is 19.1. The summed E-state index contributed by atoms with van der Waals surface area (Å²) in [6.07, 6.45) is 6.35. The molecule has 1 N–H and O–H groups in total. The highest BCUT2D eigenvalue weighted by Gasteiger charge is 2.38. The largest absolute Gasteiger partial charge is 0.316 e. The van der Waals surface area contributed by atoms with E-state index >= 15 is 0 Å². The van der Waals surface area contributed by atoms with Gasteiger partial charge in [-0.15, -0.1) is 0 Å². The van der Waals surface area contributed by atoms with Gasteiger partial charge < -0.3 is 5.32 Å². The first-order valence-corrected chi connectivity index (χ1v) is 7.36. The van der Waals surface area contributed by atoms with E-state index in [1.54, 1.807) is 0 Å². The second kappa shape index (κ2) is 5.58. The molecule has 2 aliphatic rings. The molecule has 0 spiro atoms. The highest BCUT2D eigenvalue weighted by molar-refractivity contribution is 5.18. The van der Waals surface area contributed by atoms with E-state index in [1.807, 2.05) is 0 Å². The molecule has 1 nitrogen and oxygen atoms in total. The zero-order valence-corrected chi connectivity index (χ0v) is 11.2. The van der Waals surface area contributed by atoms with Crippen molar-refractivity contribution in [2.45, 2.75) is 32.1 Å². The van der Waals surface area contributed by atoms with Gasteiger partial charge in [0.1, 0.15) is 11.6 Å². The Balaban J connectivity index is 1.41. The second-order valence-electron chi connectivity index (χ2n) is 6.17. The molecule has 0 radical (unpaired) electrons. The van der Waals surface area contributed by atoms with Gasteiger partial charge in [-0.3, -0.25) is 0 Å². The lowest BCUT2D eigenvalue weighted by atomic mass is 9.89. The summed E-state index contributed by atoms with van der Waals surface area (Å²) in [4.78, 5) is 0. The van der Waals surface area contributed by atoms with Crippen LogP contribution in [0.4, 0.5) is 8.78 Å². The number of hydrogen-bond acceptors (Lipinski definition) is 1. The molecular formula is C16H21F2N. The minimum Gasteiger partial charge on any atom is -0.316 e. The fourth-order valence-electron chi connectivity index (χ4n) is 3.90. The summed E-state index contributed by atoms with van der Waals surface area (Å²) in [7, 11) is 0. The molecule has 2 fully saturated rings. The van der Waals surface area contributed by atoms with Crippen LogP contribution >= 0.6 is 0 Å². The summed E-state index contributed by atoms with van der Waals surface area (Å²) >= 11 is 0. The number of nitrogens with one attached hydrogen (secondary N) is 1. The molecule has 104 valence electrons. The standard InChI is InChI=1S/C16H21F2N/c17-15-7-12(8-16(18)9-15)3-4-19-10-14-6-11-1-2-13(14)5-11/h7-9,11,13-14,19H,1-6,10H2. The van der Waals surface area contributed by atoms with Crippen LogP contribution in [0.25, 0.3) is 0 Å². The number of benzene rings is 1. The van der Waals surface area contributed by atoms with Crippen LogP contribution in [0, 0.1) is 29.4 Å². The molecular weight excluding hydrogens is 244 g/mol. The molecule has 2 bridgehead atoms. The van der Waals surface area contributed by atoms with Crippen LogP contribution in [0.1, 0.15) is 31.2 Å². The minimum absolute atomic E-state index is 0.483. The Hall–Kier alpha value is -0.960. The number of fused-ring (bicyclic) bond motifs is 2. The highest BCUT2D eigenvalue weighted by Crippen LogP contribution is 2.47. The Morgan fingerprint density at radius 3 is 2.47 bits per heavy atom. The van der Waals surface area contributed by atoms with Crippen molar-refractivity contribution in [1.82, 2.24) is 5.32 Å². The van der Waals surface area contributed by atoms with Crippen molar-refractivity contribution in [3.8, 4) is 0 Å². The Morgan fingerprint density at radius 1 is 1.05 bits per heavy atom. The smallest absolute Gasteiger partial charge is 0.126 e. The Morgan fingerprint density at radius 2 is 1.84 bits per heavy atom. The minimum atomic E-state index is -0.483. The maximum Gasteiger partial charge on any atom is 0.126 e. The van der Waals surface area contributed by atoms with Crippen LogP contribution in [0.15, 0.2) is 18.2 Å². The molecule has 0 saturated heterocycles. The monoisotopic (exact) mass is 265 g/mol. The topological polar surface area (TPSA) is 12.0 Å². The van der Waals surface area contributed by atoms with Crippen LogP contribution < -0.4 is 5.32 Å². The van der Waals surface area contributed by atoms with E-state index in [0.717, 1.165) is 42.5 Å². The summed E-state index contributed by atoms with van der Waals surface area (Å²) in [5.74, 6) is 1.78. The lowest BCUT2D eigenvalue weighted by Gasteiger charge is -2.21. The Labute approximate surface area is 113 Å². The van der Waals surface area contributed by atoms with Crippen molar-refractivity contribution in [1.29, 1.82) is 0 Å². The van der Waals surface area contributed by atoms with Crippen molar-refractivity contribution >= 4 is 0 Å². The zero-order valence-electron chi connectivity index (χ0n) is 11.2. The van der Waals surface area contributed by atoms with Crippen molar-refractivity contribution < 1.29 is 8.78 Å². The molecule has 3 atom stereocenters. The van der Waals surface area contributed by atoms with Crippen LogP contribution in [0.3, 0.4) is 0 Å². The van der Waals surface area contributed by atoms with E-state index in [-0.39, 0.29) is 0 Å². The molecule has 0 aromatic heterocycles. The van der Waals surface area contributed by atoms with Gasteiger partial charge in [-0.05, 0) is 74.2 Å². The van der Waals surface area contributed by atoms with Crippen LogP contribution in [-0.4, -0.2) is 13.1 Å². The van der Waals surface area contributed by atoms with Crippen molar-refractivity contribution in [3.05, 3.63) is 35.4 Å². The molecule has 2 saturated carbocycles. The molecule has 0 heterocycles. The van der Waals surface area contributed by atoms with E-state index in [1.165, 1.54) is 37.8 Å². The molecule has 0 amide bonds. The number of rotatable bonds is 5. The van der Waals surface area contributed by atoms with Crippen LogP contribution in [0.2, 0.25) is 0 Å². The molecule has 1 aromatic rings. The number of hydrogen-bond donors (Lipinski definition) is 1. The summed E-state index contributed by atoms with van der Waals surface area (Å²) < 4.78 is 26.0. The van der Waals surface area contributed by atoms with E-state index in [4.69, 9.17) is 0 Å². The predicted octanol–water partition coefficient (Wildman–Crippen LogP) is 3.53. The SMILES string of the molecule is Fc1cc(F)cc(CCNCC2CC3CCC2C3)c1. The van der Waals surface area contributed by atoms with Gasteiger partial charge in [0.05, 0.1) is 0 Å². The van der Waals surface area contributed by atoms with Gasteiger partial charge in [0.15, 0.2) is 0 Å². The van der Waals surface area contributed by atoms with Gasteiger partial charge in [-0.25, -0.2) is 8.78 Å². The number of halogens is 2. The van der Waals surface area contributed by atoms with E-state index in [9.17, 15) is 8.78 Å². The lowest BCUT2D eigenvalue weighted by molar-refractivity contribution is 0.320. The summed E-state index contributed by atoms with van der Waals surface area (Å²) in [5.41, 5.74) is 0.734. The third-order valence-corrected chi connectivity index (χ3v) is 4.80. The van der Waals surface area contributed by atoms with Gasteiger partial charge in [-0.2, -0.15) is 0 Å². The molecule has 1 aromatic carbocycles. The maximum absolute atomic E-state index is 13.0. The van der Waals surface area contributed by atoms with Gasteiger partial charge in [0.25, 0.3) is 0 Å². The van der Waals surface area contributed by atoms with Gasteiger partial charge >= 0.3 is 0 Å². The second-order valence-corrected chi connectivity index (χ2v) is 6.17. The fraction of sp³-hybridized carbons (Fsp3) is 0.625. The van der Waals surface area contributed by atoms with E-state index < -0.39 is 11.6 Å². The fourth-order valence-corrected chi connectivity index (χ4v) is 3.90. The van der Waals surface area contributed by atoms with E-state index in [0.29, 0.717) is 6.42 Å². The summed E-state index contributed by atoms with van der Waals surface area (Å²) in [6.45, 7) is 1.87. The molecule has 3 heteroatoms. The van der Waals surface area contributed by atoms with Gasteiger partial charge in [0.2, 0.25) is 0 Å². The third kappa shape index (κ3) is 3.14. The molecule has 19 heavy (non-hydrogen) atoms. The predicted molar refractivity (Wildman–Crippen MR) is 71.9 cm³/mol. The zero-order chi connectivity index (χ0) is 13.2. The maximum atomic E-state index is 13.0. The summed E-state index contributed by atoms with van der Waals surface area (Å²) in [6, 6.07) is 3.76. The normalized spacial score (nSPS) is 29.1. The van der Waals surface area contributed by atoms with Crippen molar-refractivity contribution in [2.75, 3.05) is 13.1 Å². The van der Waals surface area contributed by atoms with Crippen LogP contribution in [-0.2, 0) is 6.42 Å². The van der Waals surface area contributed by atoms with Crippen LogP contribution in [0.5, 0.6) is 0 Å². The average Bonchev–Trinajstić information content (AvgIpc) is 2.95. The molecule has 2 aliphatic carbocycles. The first kappa shape index (κ1) is 13.0. The summed E-state index contributed by atoms with van der Waals surface area (Å²) in [5, 5.41) is 3.45. The Bertz CT molecular complexity index is 426. The first-order chi connectivity index (χ1) is 9.20. The Kier molecular flexibility index (Phi) is 3.83. The van der Waals surface area contributed by atoms with Gasteiger partial charge in [-0.1, -0.05) is 6.42 Å². The quantitative estimate of drug-likeness (QED) is 0.803. The molecule has 3 rings (SSSR count).